The lowest BCUT2D eigenvalue weighted by Crippen LogP contribution is -2.50. The van der Waals surface area contributed by atoms with E-state index < -0.39 is 54.8 Å². The van der Waals surface area contributed by atoms with Crippen molar-refractivity contribution in [2.75, 3.05) is 6.54 Å². The summed E-state index contributed by atoms with van der Waals surface area (Å²) < 4.78 is 71.6. The van der Waals surface area contributed by atoms with Crippen LogP contribution in [0.25, 0.3) is 11.2 Å². The standard InChI is InChI=1S/C27H30F5N7O3/c1-13-19(39-42-38-13)23(40)36-20(18(14-2-3-14)15-4-5-15)22-34-16-6-7-17(35-21(16)37-22)25(8-10-26(28,29)11-9-25)24(41)33-12-27(30,31)32/h6-7,14-15,18,20H,2-5,8-12H2,1H3,(H,33,41)(H,36,40)(H,34,35,37)/t20-/m1/s1. The molecule has 3 aromatic heterocycles. The Morgan fingerprint density at radius 1 is 1.05 bits per heavy atom. The highest BCUT2D eigenvalue weighted by Crippen LogP contribution is 2.54. The van der Waals surface area contributed by atoms with Crippen molar-refractivity contribution in [3.8, 4) is 0 Å². The summed E-state index contributed by atoms with van der Waals surface area (Å²) in [5.74, 6) is -3.15. The third-order valence-electron chi connectivity index (χ3n) is 8.74. The summed E-state index contributed by atoms with van der Waals surface area (Å²) in [5, 5.41) is 12.3. The number of halogens is 5. The van der Waals surface area contributed by atoms with Gasteiger partial charge in [-0.05, 0) is 80.5 Å². The third kappa shape index (κ3) is 5.69. The highest BCUT2D eigenvalue weighted by Gasteiger charge is 2.51. The van der Waals surface area contributed by atoms with Crippen molar-refractivity contribution in [2.24, 2.45) is 17.8 Å². The number of aromatic amines is 1. The monoisotopic (exact) mass is 595 g/mol. The number of carbonyl (C=O) groups is 2. The van der Waals surface area contributed by atoms with Crippen LogP contribution in [0.4, 0.5) is 22.0 Å². The SMILES string of the molecule is Cc1nonc1C(=O)N[C@@H](c1nc2nc(C3(C(=O)NCC(F)(F)F)CCC(F)(F)CC3)ccc2[nH]1)C(C1CC1)C1CC1. The third-order valence-corrected chi connectivity index (χ3v) is 8.74. The zero-order chi connectivity index (χ0) is 29.9. The van der Waals surface area contributed by atoms with Crippen molar-refractivity contribution in [1.82, 2.24) is 35.9 Å². The number of carbonyl (C=O) groups excluding carboxylic acids is 2. The summed E-state index contributed by atoms with van der Waals surface area (Å²) >= 11 is 0. The molecule has 226 valence electrons. The molecule has 3 fully saturated rings. The number of aryl methyl sites for hydroxylation is 1. The first-order valence-corrected chi connectivity index (χ1v) is 14.1. The van der Waals surface area contributed by atoms with Gasteiger partial charge in [0, 0.05) is 12.8 Å². The van der Waals surface area contributed by atoms with Crippen LogP contribution in [-0.4, -0.2) is 55.7 Å². The molecule has 10 nitrogen and oxygen atoms in total. The molecular weight excluding hydrogens is 565 g/mol. The summed E-state index contributed by atoms with van der Waals surface area (Å²) in [6.45, 7) is 0.0263. The van der Waals surface area contributed by atoms with Gasteiger partial charge in [-0.3, -0.25) is 9.59 Å². The molecule has 3 aliphatic carbocycles. The van der Waals surface area contributed by atoms with E-state index in [1.165, 1.54) is 6.07 Å². The van der Waals surface area contributed by atoms with Crippen LogP contribution in [0, 0.1) is 24.7 Å². The van der Waals surface area contributed by atoms with E-state index in [4.69, 9.17) is 4.63 Å². The van der Waals surface area contributed by atoms with E-state index in [1.807, 2.05) is 5.32 Å². The van der Waals surface area contributed by atoms with Gasteiger partial charge < -0.3 is 15.6 Å². The van der Waals surface area contributed by atoms with Crippen molar-refractivity contribution in [3.05, 3.63) is 35.0 Å². The smallest absolute Gasteiger partial charge is 0.346 e. The first-order chi connectivity index (χ1) is 19.9. The Hall–Kier alpha value is -3.65. The number of alkyl halides is 5. The van der Waals surface area contributed by atoms with Gasteiger partial charge in [0.15, 0.2) is 11.3 Å². The van der Waals surface area contributed by atoms with E-state index in [1.54, 1.807) is 13.0 Å². The normalized spacial score (nSPS) is 20.9. The number of pyridine rings is 1. The lowest BCUT2D eigenvalue weighted by Gasteiger charge is -2.38. The average Bonchev–Trinajstić information content (AvgIpc) is 3.86. The summed E-state index contributed by atoms with van der Waals surface area (Å²) in [7, 11) is 0. The zero-order valence-corrected chi connectivity index (χ0v) is 22.7. The Morgan fingerprint density at radius 3 is 2.29 bits per heavy atom. The highest BCUT2D eigenvalue weighted by molar-refractivity contribution is 5.93. The molecule has 0 spiro atoms. The van der Waals surface area contributed by atoms with Gasteiger partial charge in [-0.2, -0.15) is 13.2 Å². The maximum absolute atomic E-state index is 14.1. The number of nitrogens with zero attached hydrogens (tertiary/aromatic N) is 4. The van der Waals surface area contributed by atoms with Crippen molar-refractivity contribution < 1.29 is 36.2 Å². The minimum atomic E-state index is -4.66. The van der Waals surface area contributed by atoms with E-state index in [-0.39, 0.29) is 35.8 Å². The van der Waals surface area contributed by atoms with Crippen LogP contribution in [0.15, 0.2) is 16.8 Å². The average molecular weight is 596 g/mol. The Labute approximate surface area is 236 Å². The molecule has 2 amide bonds. The zero-order valence-electron chi connectivity index (χ0n) is 22.7. The van der Waals surface area contributed by atoms with Gasteiger partial charge in [-0.15, -0.1) is 0 Å². The summed E-state index contributed by atoms with van der Waals surface area (Å²) in [6.07, 6.45) is -2.60. The number of amides is 2. The van der Waals surface area contributed by atoms with Crippen molar-refractivity contribution in [3.63, 3.8) is 0 Å². The molecule has 6 rings (SSSR count). The molecule has 0 aliphatic heterocycles. The molecule has 0 aromatic carbocycles. The summed E-state index contributed by atoms with van der Waals surface area (Å²) in [4.78, 5) is 38.7. The second kappa shape index (κ2) is 10.3. The number of aromatic nitrogens is 5. The summed E-state index contributed by atoms with van der Waals surface area (Å²) in [6, 6.07) is 2.54. The first kappa shape index (κ1) is 28.5. The van der Waals surface area contributed by atoms with Crippen LogP contribution in [0.3, 0.4) is 0 Å². The van der Waals surface area contributed by atoms with Crippen LogP contribution >= 0.6 is 0 Å². The molecule has 0 saturated heterocycles. The molecule has 0 unspecified atom stereocenters. The van der Waals surface area contributed by atoms with Crippen molar-refractivity contribution in [2.45, 2.75) is 81.8 Å². The Balaban J connectivity index is 1.35. The molecule has 0 radical (unpaired) electrons. The van der Waals surface area contributed by atoms with Gasteiger partial charge in [0.2, 0.25) is 11.8 Å². The number of nitrogens with one attached hydrogen (secondary N) is 3. The van der Waals surface area contributed by atoms with Gasteiger partial charge >= 0.3 is 6.18 Å². The number of fused-ring (bicyclic) bond motifs is 1. The fourth-order valence-corrected chi connectivity index (χ4v) is 6.20. The van der Waals surface area contributed by atoms with Crippen LogP contribution in [0.2, 0.25) is 0 Å². The van der Waals surface area contributed by atoms with E-state index in [0.717, 1.165) is 25.7 Å². The molecule has 0 bridgehead atoms. The van der Waals surface area contributed by atoms with Gasteiger partial charge in [0.05, 0.1) is 22.7 Å². The summed E-state index contributed by atoms with van der Waals surface area (Å²) in [5.41, 5.74) is -0.549. The van der Waals surface area contributed by atoms with Gasteiger partial charge in [-0.25, -0.2) is 23.4 Å². The molecule has 3 N–H and O–H groups in total. The predicted octanol–water partition coefficient (Wildman–Crippen LogP) is 4.68. The van der Waals surface area contributed by atoms with E-state index in [9.17, 15) is 31.5 Å². The lowest BCUT2D eigenvalue weighted by molar-refractivity contribution is -0.145. The van der Waals surface area contributed by atoms with Crippen molar-refractivity contribution >= 4 is 23.0 Å². The van der Waals surface area contributed by atoms with Crippen LogP contribution in [-0.2, 0) is 10.2 Å². The molecular formula is C27H30F5N7O3. The van der Waals surface area contributed by atoms with Gasteiger partial charge in [0.1, 0.15) is 18.1 Å². The minimum Gasteiger partial charge on any atom is -0.346 e. The van der Waals surface area contributed by atoms with Crippen molar-refractivity contribution in [1.29, 1.82) is 0 Å². The number of hydrogen-bond donors (Lipinski definition) is 3. The fourth-order valence-electron chi connectivity index (χ4n) is 6.20. The molecule has 3 saturated carbocycles. The maximum atomic E-state index is 14.1. The number of hydrogen-bond acceptors (Lipinski definition) is 7. The molecule has 42 heavy (non-hydrogen) atoms. The Bertz CT molecular complexity index is 1470. The molecule has 15 heteroatoms. The fraction of sp³-hybridized carbons (Fsp3) is 0.630. The van der Waals surface area contributed by atoms with E-state index in [0.29, 0.717) is 28.9 Å². The first-order valence-electron chi connectivity index (χ1n) is 14.1. The number of H-pyrrole nitrogens is 1. The van der Waals surface area contributed by atoms with Crippen LogP contribution < -0.4 is 10.6 Å². The number of rotatable bonds is 9. The lowest BCUT2D eigenvalue weighted by atomic mass is 9.69. The van der Waals surface area contributed by atoms with Gasteiger partial charge in [-0.1, -0.05) is 5.16 Å². The second-order valence-corrected chi connectivity index (χ2v) is 11.8. The maximum Gasteiger partial charge on any atom is 0.405 e. The molecule has 3 heterocycles. The van der Waals surface area contributed by atoms with Gasteiger partial charge in [0.25, 0.3) is 5.91 Å². The largest absolute Gasteiger partial charge is 0.405 e. The highest BCUT2D eigenvalue weighted by atomic mass is 19.4. The Kier molecular flexibility index (Phi) is 6.96. The van der Waals surface area contributed by atoms with E-state index >= 15 is 0 Å². The van der Waals surface area contributed by atoms with E-state index in [2.05, 4.69) is 30.6 Å². The minimum absolute atomic E-state index is 0.0581. The topological polar surface area (TPSA) is 139 Å². The van der Waals surface area contributed by atoms with Crippen LogP contribution in [0.1, 0.15) is 85.1 Å². The quantitative estimate of drug-likeness (QED) is 0.305. The Morgan fingerprint density at radius 2 is 1.71 bits per heavy atom. The molecule has 1 atom stereocenters. The molecule has 3 aliphatic rings. The number of imidazole rings is 1. The van der Waals surface area contributed by atoms with Crippen LogP contribution in [0.5, 0.6) is 0 Å². The predicted molar refractivity (Wildman–Crippen MR) is 136 cm³/mol. The second-order valence-electron chi connectivity index (χ2n) is 11.8. The molecule has 3 aromatic rings.